The first-order valence-electron chi connectivity index (χ1n) is 4.95. The molecule has 0 fully saturated rings. The first kappa shape index (κ1) is 10.7. The predicted molar refractivity (Wildman–Crippen MR) is 59.4 cm³/mol. The van der Waals surface area contributed by atoms with E-state index in [0.717, 1.165) is 6.42 Å². The van der Waals surface area contributed by atoms with Crippen LogP contribution in [0, 0.1) is 5.39 Å². The van der Waals surface area contributed by atoms with Gasteiger partial charge in [-0.25, -0.2) is 0 Å². The minimum atomic E-state index is 0. The van der Waals surface area contributed by atoms with E-state index in [4.69, 9.17) is 5.39 Å². The minimum Gasteiger partial charge on any atom is -1.00 e. The monoisotopic (exact) mass is 228 g/mol. The molecular formula is C13H9ClN2. The van der Waals surface area contributed by atoms with E-state index in [1.54, 1.807) is 0 Å². The molecule has 2 nitrogen and oxygen atoms in total. The number of rotatable bonds is 0. The van der Waals surface area contributed by atoms with Gasteiger partial charge in [-0.05, 0) is 34.7 Å². The maximum Gasteiger partial charge on any atom is 0.385 e. The van der Waals surface area contributed by atoms with Gasteiger partial charge in [0.1, 0.15) is 0 Å². The van der Waals surface area contributed by atoms with Crippen molar-refractivity contribution in [2.24, 2.45) is 0 Å². The number of hydrogen-bond acceptors (Lipinski definition) is 1. The largest absolute Gasteiger partial charge is 1.00 e. The van der Waals surface area contributed by atoms with Gasteiger partial charge in [-0.15, -0.1) is 0 Å². The van der Waals surface area contributed by atoms with Gasteiger partial charge in [0.15, 0.2) is 4.98 Å². The molecule has 0 bridgehead atoms. The van der Waals surface area contributed by atoms with Crippen LogP contribution in [0.2, 0.25) is 0 Å². The number of hydrogen-bond donors (Lipinski definition) is 0. The molecule has 3 rings (SSSR count). The second-order valence-electron chi connectivity index (χ2n) is 3.78. The van der Waals surface area contributed by atoms with E-state index >= 15 is 0 Å². The molecule has 0 saturated carbocycles. The van der Waals surface area contributed by atoms with Crippen LogP contribution in [0.3, 0.4) is 0 Å². The van der Waals surface area contributed by atoms with Crippen molar-refractivity contribution in [1.29, 1.82) is 5.39 Å². The summed E-state index contributed by atoms with van der Waals surface area (Å²) < 4.78 is 0. The summed E-state index contributed by atoms with van der Waals surface area (Å²) in [4.78, 5) is 3.21. The molecule has 0 spiro atoms. The smallest absolute Gasteiger partial charge is 0.385 e. The van der Waals surface area contributed by atoms with Gasteiger partial charge in [0.25, 0.3) is 0 Å². The fraction of sp³-hybridized carbons (Fsp3) is 0.0769. The molecule has 0 aromatic heterocycles. The SMILES string of the molecule is N#[N+]c1ccc2c(c1)Cc1ccccc1-2.[Cl-]. The summed E-state index contributed by atoms with van der Waals surface area (Å²) in [5, 5.41) is 8.71. The summed E-state index contributed by atoms with van der Waals surface area (Å²) in [6.07, 6.45) is 0.939. The summed E-state index contributed by atoms with van der Waals surface area (Å²) >= 11 is 0. The van der Waals surface area contributed by atoms with Gasteiger partial charge in [0.05, 0.1) is 0 Å². The van der Waals surface area contributed by atoms with Crippen LogP contribution >= 0.6 is 0 Å². The van der Waals surface area contributed by atoms with Crippen LogP contribution in [-0.4, -0.2) is 0 Å². The highest BCUT2D eigenvalue weighted by Gasteiger charge is 2.20. The predicted octanol–water partition coefficient (Wildman–Crippen LogP) is 0.746. The molecule has 2 aromatic carbocycles. The Bertz CT molecular complexity index is 585. The minimum absolute atomic E-state index is 0. The molecule has 0 aliphatic heterocycles. The molecule has 2 aromatic rings. The van der Waals surface area contributed by atoms with Gasteiger partial charge in [-0.2, -0.15) is 0 Å². The fourth-order valence-corrected chi connectivity index (χ4v) is 2.19. The van der Waals surface area contributed by atoms with E-state index < -0.39 is 0 Å². The fourth-order valence-electron chi connectivity index (χ4n) is 2.19. The van der Waals surface area contributed by atoms with Gasteiger partial charge in [0.2, 0.25) is 5.39 Å². The molecule has 1 aliphatic carbocycles. The highest BCUT2D eigenvalue weighted by atomic mass is 35.5. The lowest BCUT2D eigenvalue weighted by Crippen LogP contribution is -3.00. The quantitative estimate of drug-likeness (QED) is 0.522. The third-order valence-electron chi connectivity index (χ3n) is 2.89. The van der Waals surface area contributed by atoms with Crippen LogP contribution in [0.25, 0.3) is 16.1 Å². The highest BCUT2D eigenvalue weighted by Crippen LogP contribution is 2.37. The molecule has 16 heavy (non-hydrogen) atoms. The van der Waals surface area contributed by atoms with Gasteiger partial charge >= 0.3 is 5.69 Å². The van der Waals surface area contributed by atoms with Gasteiger partial charge in [-0.3, -0.25) is 0 Å². The lowest BCUT2D eigenvalue weighted by Gasteiger charge is -1.97. The van der Waals surface area contributed by atoms with Crippen molar-refractivity contribution in [1.82, 2.24) is 0 Å². The molecule has 0 saturated heterocycles. The van der Waals surface area contributed by atoms with Gasteiger partial charge in [-0.1, -0.05) is 24.3 Å². The van der Waals surface area contributed by atoms with Crippen molar-refractivity contribution >= 4 is 5.69 Å². The Morgan fingerprint density at radius 2 is 1.69 bits per heavy atom. The van der Waals surface area contributed by atoms with Crippen molar-refractivity contribution in [2.45, 2.75) is 6.42 Å². The molecule has 0 unspecified atom stereocenters. The normalized spacial score (nSPS) is 10.9. The second-order valence-corrected chi connectivity index (χ2v) is 3.78. The summed E-state index contributed by atoms with van der Waals surface area (Å²) in [7, 11) is 0. The molecule has 0 amide bonds. The van der Waals surface area contributed by atoms with Crippen LogP contribution in [0.1, 0.15) is 11.1 Å². The first-order valence-corrected chi connectivity index (χ1v) is 4.95. The van der Waals surface area contributed by atoms with E-state index in [-0.39, 0.29) is 12.4 Å². The Balaban J connectivity index is 0.000000963. The average Bonchev–Trinajstić information content (AvgIpc) is 2.66. The van der Waals surface area contributed by atoms with Crippen LogP contribution < -0.4 is 12.4 Å². The van der Waals surface area contributed by atoms with Gasteiger partial charge < -0.3 is 12.4 Å². The summed E-state index contributed by atoms with van der Waals surface area (Å²) in [5.74, 6) is 0. The lowest BCUT2D eigenvalue weighted by atomic mass is 10.1. The van der Waals surface area contributed by atoms with Crippen molar-refractivity contribution < 1.29 is 12.4 Å². The summed E-state index contributed by atoms with van der Waals surface area (Å²) in [5.41, 5.74) is 5.78. The second kappa shape index (κ2) is 3.96. The van der Waals surface area contributed by atoms with Crippen LogP contribution in [0.15, 0.2) is 42.5 Å². The Kier molecular flexibility index (Phi) is 2.64. The Morgan fingerprint density at radius 1 is 0.938 bits per heavy atom. The van der Waals surface area contributed by atoms with E-state index in [1.165, 1.54) is 22.3 Å². The van der Waals surface area contributed by atoms with E-state index in [0.29, 0.717) is 5.69 Å². The molecule has 0 radical (unpaired) electrons. The van der Waals surface area contributed by atoms with Crippen LogP contribution in [0.5, 0.6) is 0 Å². The summed E-state index contributed by atoms with van der Waals surface area (Å²) in [6.45, 7) is 0. The zero-order valence-electron chi connectivity index (χ0n) is 8.52. The first-order chi connectivity index (χ1) is 7.38. The standard InChI is InChI=1S/C13H9N2.ClH/c14-15-11-5-6-13-10(8-11)7-9-3-1-2-4-12(9)13;/h1-6,8H,7H2;1H/q+1;/p-1. The molecule has 0 heterocycles. The number of benzene rings is 2. The average molecular weight is 229 g/mol. The van der Waals surface area contributed by atoms with Crippen molar-refractivity contribution in [3.63, 3.8) is 0 Å². The number of diazo groups is 1. The highest BCUT2D eigenvalue weighted by molar-refractivity contribution is 5.78. The van der Waals surface area contributed by atoms with Crippen molar-refractivity contribution in [3.8, 4) is 11.1 Å². The van der Waals surface area contributed by atoms with Crippen molar-refractivity contribution in [2.75, 3.05) is 0 Å². The topological polar surface area (TPSA) is 28.1 Å². The lowest BCUT2D eigenvalue weighted by molar-refractivity contribution is -0.00000314. The van der Waals surface area contributed by atoms with Crippen LogP contribution in [-0.2, 0) is 6.42 Å². The van der Waals surface area contributed by atoms with Gasteiger partial charge in [0, 0.05) is 12.1 Å². The Labute approximate surface area is 100.0 Å². The zero-order valence-corrected chi connectivity index (χ0v) is 9.28. The van der Waals surface area contributed by atoms with E-state index in [1.807, 2.05) is 18.2 Å². The Hall–Kier alpha value is -1.85. The maximum atomic E-state index is 8.71. The maximum absolute atomic E-state index is 8.71. The molecule has 78 valence electrons. The zero-order chi connectivity index (χ0) is 10.3. The number of nitrogens with zero attached hydrogens (tertiary/aromatic N) is 2. The van der Waals surface area contributed by atoms with Crippen molar-refractivity contribution in [3.05, 3.63) is 58.6 Å². The Morgan fingerprint density at radius 3 is 2.50 bits per heavy atom. The molecule has 1 aliphatic rings. The number of halogens is 1. The van der Waals surface area contributed by atoms with Crippen LogP contribution in [0.4, 0.5) is 5.69 Å². The molecule has 0 atom stereocenters. The molecule has 0 N–H and O–H groups in total. The van der Waals surface area contributed by atoms with E-state index in [2.05, 4.69) is 29.2 Å². The third kappa shape index (κ3) is 1.46. The molecular weight excluding hydrogens is 220 g/mol. The number of fused-ring (bicyclic) bond motifs is 3. The third-order valence-corrected chi connectivity index (χ3v) is 2.89. The summed E-state index contributed by atoms with van der Waals surface area (Å²) in [6, 6.07) is 14.2. The van der Waals surface area contributed by atoms with E-state index in [9.17, 15) is 0 Å². The molecule has 3 heteroatoms.